The van der Waals surface area contributed by atoms with Crippen LogP contribution in [0.25, 0.3) is 0 Å². The Morgan fingerprint density at radius 1 is 1.18 bits per heavy atom. The molecule has 0 heterocycles. The summed E-state index contributed by atoms with van der Waals surface area (Å²) in [6.07, 6.45) is -4.49. The highest BCUT2D eigenvalue weighted by Crippen LogP contribution is 2.33. The molecule has 0 aliphatic heterocycles. The highest BCUT2D eigenvalue weighted by molar-refractivity contribution is 6.07. The van der Waals surface area contributed by atoms with E-state index in [1.165, 1.54) is 13.2 Å². The van der Waals surface area contributed by atoms with Crippen molar-refractivity contribution in [2.24, 2.45) is 0 Å². The van der Waals surface area contributed by atoms with Crippen molar-refractivity contribution in [3.05, 3.63) is 53.6 Å². The largest absolute Gasteiger partial charge is 0.496 e. The number of amides is 1. The highest BCUT2D eigenvalue weighted by Gasteiger charge is 2.30. The molecule has 2 rings (SSSR count). The fourth-order valence-corrected chi connectivity index (χ4v) is 1.87. The Labute approximate surface area is 124 Å². The van der Waals surface area contributed by atoms with Crippen molar-refractivity contribution in [3.8, 4) is 5.75 Å². The molecule has 0 aliphatic rings. The molecule has 2 aromatic carbocycles. The Balaban J connectivity index is 2.26. The van der Waals surface area contributed by atoms with E-state index in [2.05, 4.69) is 5.32 Å². The number of rotatable bonds is 3. The van der Waals surface area contributed by atoms with Crippen LogP contribution in [0, 0.1) is 0 Å². The van der Waals surface area contributed by atoms with Crippen molar-refractivity contribution in [2.45, 2.75) is 6.18 Å². The molecular formula is C15H13F3N2O2. The van der Waals surface area contributed by atoms with Crippen molar-refractivity contribution in [1.82, 2.24) is 0 Å². The number of nitrogens with one attached hydrogen (secondary N) is 1. The minimum absolute atomic E-state index is 0.101. The molecule has 0 saturated heterocycles. The SMILES string of the molecule is COc1ccccc1C(=O)Nc1ccc(C(F)(F)F)cc1N. The molecule has 22 heavy (non-hydrogen) atoms. The van der Waals surface area contributed by atoms with Crippen LogP contribution in [0.3, 0.4) is 0 Å². The number of carbonyl (C=O) groups excluding carboxylic acids is 1. The van der Waals surface area contributed by atoms with Crippen LogP contribution in [0.1, 0.15) is 15.9 Å². The number of alkyl halides is 3. The summed E-state index contributed by atoms with van der Waals surface area (Å²) < 4.78 is 42.8. The Hall–Kier alpha value is -2.70. The number of halogens is 3. The predicted molar refractivity (Wildman–Crippen MR) is 76.8 cm³/mol. The van der Waals surface area contributed by atoms with Gasteiger partial charge in [-0.15, -0.1) is 0 Å². The lowest BCUT2D eigenvalue weighted by molar-refractivity contribution is -0.137. The molecule has 0 aromatic heterocycles. The van der Waals surface area contributed by atoms with Gasteiger partial charge >= 0.3 is 6.18 Å². The van der Waals surface area contributed by atoms with Crippen molar-refractivity contribution in [2.75, 3.05) is 18.2 Å². The van der Waals surface area contributed by atoms with Gasteiger partial charge in [0.2, 0.25) is 0 Å². The van der Waals surface area contributed by atoms with Crippen LogP contribution in [0.4, 0.5) is 24.5 Å². The maximum Gasteiger partial charge on any atom is 0.416 e. The Morgan fingerprint density at radius 2 is 1.86 bits per heavy atom. The van der Waals surface area contributed by atoms with Crippen LogP contribution in [-0.2, 0) is 6.18 Å². The summed E-state index contributed by atoms with van der Waals surface area (Å²) in [5, 5.41) is 2.47. The number of nitrogens with two attached hydrogens (primary N) is 1. The Bertz CT molecular complexity index is 699. The van der Waals surface area contributed by atoms with Gasteiger partial charge in [0.1, 0.15) is 5.75 Å². The molecular weight excluding hydrogens is 297 g/mol. The topological polar surface area (TPSA) is 64.3 Å². The van der Waals surface area contributed by atoms with Crippen LogP contribution < -0.4 is 15.8 Å². The van der Waals surface area contributed by atoms with Crippen LogP contribution in [0.2, 0.25) is 0 Å². The summed E-state index contributed by atoms with van der Waals surface area (Å²) >= 11 is 0. The second kappa shape index (κ2) is 5.97. The summed E-state index contributed by atoms with van der Waals surface area (Å²) in [7, 11) is 1.42. The van der Waals surface area contributed by atoms with E-state index in [0.29, 0.717) is 5.75 Å². The molecule has 116 valence electrons. The lowest BCUT2D eigenvalue weighted by Gasteiger charge is -2.13. The number of benzene rings is 2. The minimum Gasteiger partial charge on any atom is -0.496 e. The summed E-state index contributed by atoms with van der Waals surface area (Å²) in [6.45, 7) is 0. The van der Waals surface area contributed by atoms with Crippen LogP contribution in [0.5, 0.6) is 5.75 Å². The van der Waals surface area contributed by atoms with Crippen molar-refractivity contribution in [3.63, 3.8) is 0 Å². The number of para-hydroxylation sites is 1. The number of carbonyl (C=O) groups is 1. The Kier molecular flexibility index (Phi) is 4.25. The van der Waals surface area contributed by atoms with Gasteiger partial charge in [-0.05, 0) is 30.3 Å². The van der Waals surface area contributed by atoms with E-state index in [4.69, 9.17) is 10.5 Å². The monoisotopic (exact) mass is 310 g/mol. The molecule has 0 unspecified atom stereocenters. The number of methoxy groups -OCH3 is 1. The molecule has 0 bridgehead atoms. The Morgan fingerprint density at radius 3 is 2.45 bits per heavy atom. The lowest BCUT2D eigenvalue weighted by atomic mass is 10.1. The average molecular weight is 310 g/mol. The maximum atomic E-state index is 12.6. The molecule has 1 amide bonds. The average Bonchev–Trinajstić information content (AvgIpc) is 2.48. The zero-order valence-electron chi connectivity index (χ0n) is 11.6. The molecule has 2 aromatic rings. The van der Waals surface area contributed by atoms with E-state index in [1.54, 1.807) is 18.2 Å². The van der Waals surface area contributed by atoms with Crippen molar-refractivity contribution >= 4 is 17.3 Å². The predicted octanol–water partition coefficient (Wildman–Crippen LogP) is 3.55. The number of ether oxygens (including phenoxy) is 1. The highest BCUT2D eigenvalue weighted by atomic mass is 19.4. The van der Waals surface area contributed by atoms with E-state index in [-0.39, 0.29) is 16.9 Å². The molecule has 0 spiro atoms. The van der Waals surface area contributed by atoms with Gasteiger partial charge < -0.3 is 15.8 Å². The molecule has 7 heteroatoms. The summed E-state index contributed by atoms with van der Waals surface area (Å²) in [6, 6.07) is 9.23. The van der Waals surface area contributed by atoms with Gasteiger partial charge in [-0.2, -0.15) is 13.2 Å². The van der Waals surface area contributed by atoms with E-state index in [9.17, 15) is 18.0 Å². The van der Waals surface area contributed by atoms with Gasteiger partial charge in [-0.3, -0.25) is 4.79 Å². The first-order valence-electron chi connectivity index (χ1n) is 6.24. The molecule has 0 radical (unpaired) electrons. The lowest BCUT2D eigenvalue weighted by Crippen LogP contribution is -2.15. The fourth-order valence-electron chi connectivity index (χ4n) is 1.87. The number of nitrogen functional groups attached to an aromatic ring is 1. The minimum atomic E-state index is -4.49. The van der Waals surface area contributed by atoms with E-state index < -0.39 is 17.6 Å². The zero-order chi connectivity index (χ0) is 16.3. The van der Waals surface area contributed by atoms with Gasteiger partial charge in [0.15, 0.2) is 0 Å². The first-order chi connectivity index (χ1) is 10.3. The summed E-state index contributed by atoms with van der Waals surface area (Å²) in [5.41, 5.74) is 4.88. The van der Waals surface area contributed by atoms with Gasteiger partial charge in [0, 0.05) is 0 Å². The number of anilines is 2. The van der Waals surface area contributed by atoms with Gasteiger partial charge in [0.25, 0.3) is 5.91 Å². The smallest absolute Gasteiger partial charge is 0.416 e. The van der Waals surface area contributed by atoms with Crippen LogP contribution >= 0.6 is 0 Å². The maximum absolute atomic E-state index is 12.6. The number of hydrogen-bond donors (Lipinski definition) is 2. The van der Waals surface area contributed by atoms with E-state index in [1.807, 2.05) is 0 Å². The van der Waals surface area contributed by atoms with E-state index in [0.717, 1.165) is 18.2 Å². The first-order valence-corrected chi connectivity index (χ1v) is 6.24. The third-order valence-electron chi connectivity index (χ3n) is 2.98. The fraction of sp³-hybridized carbons (Fsp3) is 0.133. The standard InChI is InChI=1S/C15H13F3N2O2/c1-22-13-5-3-2-4-10(13)14(21)20-12-7-6-9(8-11(12)19)15(16,17)18/h2-8H,19H2,1H3,(H,20,21). The van der Waals surface area contributed by atoms with E-state index >= 15 is 0 Å². The molecule has 0 saturated carbocycles. The summed E-state index contributed by atoms with van der Waals surface area (Å²) in [4.78, 5) is 12.2. The van der Waals surface area contributed by atoms with Crippen molar-refractivity contribution < 1.29 is 22.7 Å². The second-order valence-electron chi connectivity index (χ2n) is 4.45. The molecule has 0 aliphatic carbocycles. The molecule has 3 N–H and O–H groups in total. The van der Waals surface area contributed by atoms with Crippen molar-refractivity contribution in [1.29, 1.82) is 0 Å². The molecule has 0 fully saturated rings. The molecule has 0 atom stereocenters. The summed E-state index contributed by atoms with van der Waals surface area (Å²) in [5.74, 6) is -0.172. The normalized spacial score (nSPS) is 11.1. The molecule has 4 nitrogen and oxygen atoms in total. The number of hydrogen-bond acceptors (Lipinski definition) is 3. The second-order valence-corrected chi connectivity index (χ2v) is 4.45. The van der Waals surface area contributed by atoms with Gasteiger partial charge in [-0.1, -0.05) is 12.1 Å². The first kappa shape index (κ1) is 15.7. The quantitative estimate of drug-likeness (QED) is 0.852. The third kappa shape index (κ3) is 3.30. The van der Waals surface area contributed by atoms with Crippen LogP contribution in [0.15, 0.2) is 42.5 Å². The zero-order valence-corrected chi connectivity index (χ0v) is 11.6. The van der Waals surface area contributed by atoms with Crippen LogP contribution in [-0.4, -0.2) is 13.0 Å². The van der Waals surface area contributed by atoms with Gasteiger partial charge in [0.05, 0.1) is 29.6 Å². The van der Waals surface area contributed by atoms with Gasteiger partial charge in [-0.25, -0.2) is 0 Å². The third-order valence-corrected chi connectivity index (χ3v) is 2.98.